The van der Waals surface area contributed by atoms with E-state index in [1.165, 1.54) is 6.07 Å². The van der Waals surface area contributed by atoms with Gasteiger partial charge in [0.2, 0.25) is 11.8 Å². The molecule has 1 aliphatic rings. The first kappa shape index (κ1) is 17.7. The molecule has 0 aliphatic carbocycles. The van der Waals surface area contributed by atoms with Gasteiger partial charge in [-0.25, -0.2) is 0 Å². The number of amides is 2. The Morgan fingerprint density at radius 1 is 1.43 bits per heavy atom. The van der Waals surface area contributed by atoms with Crippen molar-refractivity contribution in [2.45, 2.75) is 49.1 Å². The highest BCUT2D eigenvalue weighted by atomic mass is 32.2. The number of nitrogens with one attached hydrogen (secondary N) is 2. The van der Waals surface area contributed by atoms with Gasteiger partial charge in [0.1, 0.15) is 0 Å². The van der Waals surface area contributed by atoms with E-state index in [4.69, 9.17) is 0 Å². The van der Waals surface area contributed by atoms with Crippen LogP contribution < -0.4 is 10.6 Å². The molecule has 8 heteroatoms. The molecule has 2 N–H and O–H groups in total. The molecule has 0 saturated heterocycles. The molecule has 0 fully saturated rings. The van der Waals surface area contributed by atoms with Gasteiger partial charge in [0.15, 0.2) is 0 Å². The average molecular weight is 346 g/mol. The molecular weight excluding hydrogens is 329 g/mol. The number of hydrogen-bond donors (Lipinski definition) is 2. The van der Waals surface area contributed by atoms with Crippen LogP contribution in [-0.2, 0) is 15.8 Å². The molecule has 1 heterocycles. The third-order valence-corrected chi connectivity index (χ3v) is 4.79. The van der Waals surface area contributed by atoms with Gasteiger partial charge in [-0.1, -0.05) is 6.92 Å². The van der Waals surface area contributed by atoms with Crippen LogP contribution in [-0.4, -0.2) is 23.1 Å². The molecule has 1 aromatic rings. The highest BCUT2D eigenvalue weighted by Crippen LogP contribution is 2.40. The minimum atomic E-state index is -4.46. The first-order chi connectivity index (χ1) is 10.7. The molecule has 0 aromatic heterocycles. The fourth-order valence-electron chi connectivity index (χ4n) is 2.07. The third-order valence-electron chi connectivity index (χ3n) is 3.52. The molecule has 0 unspecified atom stereocenters. The van der Waals surface area contributed by atoms with Crippen LogP contribution >= 0.6 is 11.8 Å². The van der Waals surface area contributed by atoms with Gasteiger partial charge >= 0.3 is 6.18 Å². The summed E-state index contributed by atoms with van der Waals surface area (Å²) < 4.78 is 38.1. The minimum Gasteiger partial charge on any atom is -0.354 e. The van der Waals surface area contributed by atoms with Gasteiger partial charge in [0, 0.05) is 17.4 Å². The summed E-state index contributed by atoms with van der Waals surface area (Å²) in [6.45, 7) is 3.79. The molecule has 0 radical (unpaired) electrons. The van der Waals surface area contributed by atoms with Gasteiger partial charge in [-0.3, -0.25) is 9.59 Å². The summed E-state index contributed by atoms with van der Waals surface area (Å²) >= 11 is 1.11. The highest BCUT2D eigenvalue weighted by molar-refractivity contribution is 8.01. The van der Waals surface area contributed by atoms with Gasteiger partial charge in [-0.05, 0) is 31.5 Å². The average Bonchev–Trinajstić information content (AvgIpc) is 2.46. The Labute approximate surface area is 136 Å². The number of halogens is 3. The number of thioether (sulfide) groups is 1. The quantitative estimate of drug-likeness (QED) is 0.878. The zero-order chi connectivity index (χ0) is 17.2. The van der Waals surface area contributed by atoms with Crippen LogP contribution in [0.25, 0.3) is 0 Å². The molecule has 4 nitrogen and oxygen atoms in total. The topological polar surface area (TPSA) is 58.2 Å². The largest absolute Gasteiger partial charge is 0.416 e. The number of carbonyl (C=O) groups is 2. The van der Waals surface area contributed by atoms with Crippen molar-refractivity contribution in [1.29, 1.82) is 0 Å². The Hall–Kier alpha value is -1.70. The summed E-state index contributed by atoms with van der Waals surface area (Å²) in [6.07, 6.45) is -3.70. The number of carbonyl (C=O) groups excluding carboxylic acids is 2. The van der Waals surface area contributed by atoms with E-state index < -0.39 is 22.9 Å². The van der Waals surface area contributed by atoms with E-state index in [0.29, 0.717) is 4.90 Å². The Morgan fingerprint density at radius 2 is 2.13 bits per heavy atom. The van der Waals surface area contributed by atoms with Crippen molar-refractivity contribution < 1.29 is 22.8 Å². The first-order valence-corrected chi connectivity index (χ1v) is 8.06. The fraction of sp³-hybridized carbons (Fsp3) is 0.467. The van der Waals surface area contributed by atoms with E-state index in [1.807, 2.05) is 13.8 Å². The molecule has 2 amide bonds. The Morgan fingerprint density at radius 3 is 2.74 bits per heavy atom. The van der Waals surface area contributed by atoms with Crippen molar-refractivity contribution in [3.05, 3.63) is 23.8 Å². The van der Waals surface area contributed by atoms with Gasteiger partial charge in [-0.2, -0.15) is 13.2 Å². The molecule has 126 valence electrons. The van der Waals surface area contributed by atoms with Crippen LogP contribution in [0.15, 0.2) is 23.1 Å². The number of rotatable bonds is 4. The maximum absolute atomic E-state index is 12.7. The second-order valence-electron chi connectivity index (χ2n) is 5.39. The lowest BCUT2D eigenvalue weighted by Crippen LogP contribution is -2.38. The maximum atomic E-state index is 12.7. The van der Waals surface area contributed by atoms with Crippen molar-refractivity contribution in [1.82, 2.24) is 5.32 Å². The third kappa shape index (κ3) is 4.40. The van der Waals surface area contributed by atoms with Crippen molar-refractivity contribution >= 4 is 29.3 Å². The maximum Gasteiger partial charge on any atom is 0.416 e. The summed E-state index contributed by atoms with van der Waals surface area (Å²) in [6, 6.07) is 3.22. The zero-order valence-corrected chi connectivity index (χ0v) is 13.5. The fourth-order valence-corrected chi connectivity index (χ4v) is 3.16. The van der Waals surface area contributed by atoms with Crippen molar-refractivity contribution in [3.63, 3.8) is 0 Å². The van der Waals surface area contributed by atoms with Gasteiger partial charge in [0.25, 0.3) is 0 Å². The molecule has 0 saturated carbocycles. The van der Waals surface area contributed by atoms with Crippen molar-refractivity contribution in [3.8, 4) is 0 Å². The van der Waals surface area contributed by atoms with Gasteiger partial charge < -0.3 is 10.6 Å². The summed E-state index contributed by atoms with van der Waals surface area (Å²) in [7, 11) is 0. The number of alkyl halides is 3. The van der Waals surface area contributed by atoms with Crippen LogP contribution in [0, 0.1) is 0 Å². The predicted octanol–water partition coefficient (Wildman–Crippen LogP) is 3.42. The van der Waals surface area contributed by atoms with Crippen LogP contribution in [0.5, 0.6) is 0 Å². The lowest BCUT2D eigenvalue weighted by Gasteiger charge is -2.25. The molecule has 0 spiro atoms. The van der Waals surface area contributed by atoms with E-state index in [9.17, 15) is 22.8 Å². The lowest BCUT2D eigenvalue weighted by atomic mass is 10.1. The van der Waals surface area contributed by atoms with Crippen LogP contribution in [0.3, 0.4) is 0 Å². The summed E-state index contributed by atoms with van der Waals surface area (Å²) in [5.74, 6) is -0.705. The predicted molar refractivity (Wildman–Crippen MR) is 82.2 cm³/mol. The number of anilines is 1. The summed E-state index contributed by atoms with van der Waals surface area (Å²) in [4.78, 5) is 24.4. The summed E-state index contributed by atoms with van der Waals surface area (Å²) in [5, 5.41) is 4.57. The molecule has 1 aromatic carbocycles. The van der Waals surface area contributed by atoms with Crippen LogP contribution in [0.1, 0.15) is 32.3 Å². The van der Waals surface area contributed by atoms with E-state index in [0.717, 1.165) is 30.3 Å². The molecule has 2 rings (SSSR count). The number of hydrogen-bond acceptors (Lipinski definition) is 3. The monoisotopic (exact) mass is 346 g/mol. The standard InChI is InChI=1S/C15H17F3N2O2S/c1-3-8(2)19-13(21)7-12-14(22)20-10-6-9(15(16,17)18)4-5-11(10)23-12/h4-6,8,12H,3,7H2,1-2H3,(H,19,21)(H,20,22)/t8-,12-/m0/s1. The van der Waals surface area contributed by atoms with Crippen LogP contribution in [0.2, 0.25) is 0 Å². The molecule has 2 atom stereocenters. The van der Waals surface area contributed by atoms with E-state index in [2.05, 4.69) is 10.6 Å². The molecular formula is C15H17F3N2O2S. The zero-order valence-electron chi connectivity index (χ0n) is 12.7. The SMILES string of the molecule is CC[C@H](C)NC(=O)C[C@@H]1Sc2ccc(C(F)(F)F)cc2NC1=O. The molecule has 23 heavy (non-hydrogen) atoms. The van der Waals surface area contributed by atoms with Gasteiger partial charge in [0.05, 0.1) is 16.5 Å². The summed E-state index contributed by atoms with van der Waals surface area (Å²) in [5.41, 5.74) is -0.682. The second kappa shape index (κ2) is 6.82. The van der Waals surface area contributed by atoms with E-state index >= 15 is 0 Å². The molecule has 1 aliphatic heterocycles. The number of benzene rings is 1. The van der Waals surface area contributed by atoms with Crippen molar-refractivity contribution in [2.75, 3.05) is 5.32 Å². The number of fused-ring (bicyclic) bond motifs is 1. The van der Waals surface area contributed by atoms with Crippen molar-refractivity contribution in [2.24, 2.45) is 0 Å². The normalized spacial score (nSPS) is 18.8. The lowest BCUT2D eigenvalue weighted by molar-refractivity contribution is -0.137. The Balaban J connectivity index is 2.09. The van der Waals surface area contributed by atoms with Gasteiger partial charge in [-0.15, -0.1) is 11.8 Å². The Kier molecular flexibility index (Phi) is 5.23. The minimum absolute atomic E-state index is 0.0126. The second-order valence-corrected chi connectivity index (χ2v) is 6.63. The first-order valence-electron chi connectivity index (χ1n) is 7.18. The highest BCUT2D eigenvalue weighted by Gasteiger charge is 2.34. The molecule has 0 bridgehead atoms. The smallest absolute Gasteiger partial charge is 0.354 e. The van der Waals surface area contributed by atoms with E-state index in [1.54, 1.807) is 0 Å². The van der Waals surface area contributed by atoms with E-state index in [-0.39, 0.29) is 24.1 Å². The Bertz CT molecular complexity index is 619. The van der Waals surface area contributed by atoms with Crippen LogP contribution in [0.4, 0.5) is 18.9 Å².